The molecule has 4 aliphatic heterocycles. The predicted octanol–water partition coefficient (Wildman–Crippen LogP) is -0.254. The summed E-state index contributed by atoms with van der Waals surface area (Å²) in [5.41, 5.74) is 1.12. The molecule has 0 atom stereocenters. The fourth-order valence-electron chi connectivity index (χ4n) is 3.85. The van der Waals surface area contributed by atoms with Gasteiger partial charge in [-0.15, -0.1) is 0 Å². The third-order valence-electron chi connectivity index (χ3n) is 4.49. The van der Waals surface area contributed by atoms with E-state index in [2.05, 4.69) is 20.0 Å². The second-order valence-corrected chi connectivity index (χ2v) is 6.37. The van der Waals surface area contributed by atoms with E-state index in [0.717, 1.165) is 45.2 Å². The minimum atomic E-state index is -0.0631. The van der Waals surface area contributed by atoms with Crippen molar-refractivity contribution in [1.82, 2.24) is 20.0 Å². The maximum absolute atomic E-state index is 9.56. The van der Waals surface area contributed by atoms with Crippen LogP contribution in [0.3, 0.4) is 0 Å². The minimum Gasteiger partial charge on any atom is -0.504 e. The zero-order valence-corrected chi connectivity index (χ0v) is 11.4. The van der Waals surface area contributed by atoms with Crippen molar-refractivity contribution in [3.05, 3.63) is 23.8 Å². The molecule has 6 heteroatoms. The molecule has 4 aliphatic rings. The molecular formula is C14H20N4O2. The number of phenols is 2. The quantitative estimate of drug-likeness (QED) is 0.662. The predicted molar refractivity (Wildman–Crippen MR) is 74.1 cm³/mol. The van der Waals surface area contributed by atoms with Gasteiger partial charge in [-0.1, -0.05) is 6.07 Å². The van der Waals surface area contributed by atoms with Gasteiger partial charge in [-0.05, 0) is 17.7 Å². The summed E-state index contributed by atoms with van der Waals surface area (Å²) in [4.78, 5) is 7.41. The van der Waals surface area contributed by atoms with Crippen molar-refractivity contribution >= 4 is 0 Å². The summed E-state index contributed by atoms with van der Waals surface area (Å²) in [6, 6.07) is 5.02. The summed E-state index contributed by atoms with van der Waals surface area (Å²) >= 11 is 0. The van der Waals surface area contributed by atoms with Crippen LogP contribution in [0.5, 0.6) is 11.5 Å². The van der Waals surface area contributed by atoms with Gasteiger partial charge in [0.2, 0.25) is 0 Å². The summed E-state index contributed by atoms with van der Waals surface area (Å²) in [6.07, 6.45) is 0. The van der Waals surface area contributed by atoms with Crippen LogP contribution in [0.1, 0.15) is 5.56 Å². The molecule has 3 N–H and O–H groups in total. The summed E-state index contributed by atoms with van der Waals surface area (Å²) in [5.74, 6) is -0.113. The van der Waals surface area contributed by atoms with Crippen LogP contribution in [0.25, 0.3) is 0 Å². The lowest BCUT2D eigenvalue weighted by molar-refractivity contribution is -0.150. The minimum absolute atomic E-state index is 0.0499. The van der Waals surface area contributed by atoms with Crippen molar-refractivity contribution in [3.8, 4) is 11.5 Å². The lowest BCUT2D eigenvalue weighted by Gasteiger charge is -2.60. The van der Waals surface area contributed by atoms with E-state index in [1.807, 2.05) is 6.07 Å². The molecule has 0 saturated carbocycles. The molecule has 1 aromatic rings. The number of phenolic OH excluding ortho intramolecular Hbond substituents is 2. The Hall–Kier alpha value is -1.34. The molecule has 4 heterocycles. The van der Waals surface area contributed by atoms with Gasteiger partial charge < -0.3 is 15.5 Å². The highest BCUT2D eigenvalue weighted by atomic mass is 16.3. The number of nitrogens with one attached hydrogen (secondary N) is 1. The Morgan fingerprint density at radius 1 is 0.950 bits per heavy atom. The first-order chi connectivity index (χ1) is 9.62. The molecule has 0 unspecified atom stereocenters. The molecule has 0 spiro atoms. The van der Waals surface area contributed by atoms with Crippen LogP contribution in [0.15, 0.2) is 18.2 Å². The Bertz CT molecular complexity index is 499. The van der Waals surface area contributed by atoms with Crippen LogP contribution < -0.4 is 5.32 Å². The third-order valence-corrected chi connectivity index (χ3v) is 4.49. The lowest BCUT2D eigenvalue weighted by atomic mass is 9.90. The Morgan fingerprint density at radius 2 is 1.55 bits per heavy atom. The van der Waals surface area contributed by atoms with Crippen molar-refractivity contribution in [2.75, 3.05) is 39.6 Å². The van der Waals surface area contributed by atoms with E-state index in [9.17, 15) is 10.2 Å². The molecule has 108 valence electrons. The van der Waals surface area contributed by atoms with Crippen LogP contribution in [0, 0.1) is 0 Å². The number of aromatic hydroxyl groups is 2. The number of nitrogens with zero attached hydrogens (tertiary/aromatic N) is 3. The van der Waals surface area contributed by atoms with Gasteiger partial charge in [0.15, 0.2) is 11.5 Å². The summed E-state index contributed by atoms with van der Waals surface area (Å²) < 4.78 is 0. The highest BCUT2D eigenvalue weighted by Crippen LogP contribution is 2.30. The van der Waals surface area contributed by atoms with Crippen molar-refractivity contribution in [3.63, 3.8) is 0 Å². The molecule has 4 fully saturated rings. The molecule has 20 heavy (non-hydrogen) atoms. The molecule has 4 saturated heterocycles. The Morgan fingerprint density at radius 3 is 2.10 bits per heavy atom. The zero-order chi connectivity index (χ0) is 13.7. The molecular weight excluding hydrogens is 256 g/mol. The summed E-state index contributed by atoms with van der Waals surface area (Å²) in [5, 5.41) is 22.6. The zero-order valence-electron chi connectivity index (χ0n) is 11.4. The maximum atomic E-state index is 9.56. The Labute approximate surface area is 118 Å². The summed E-state index contributed by atoms with van der Waals surface area (Å²) in [6.45, 7) is 7.22. The first-order valence-corrected chi connectivity index (χ1v) is 7.05. The van der Waals surface area contributed by atoms with Gasteiger partial charge in [0.1, 0.15) is 0 Å². The Balaban J connectivity index is 1.47. The maximum Gasteiger partial charge on any atom is 0.157 e. The van der Waals surface area contributed by atoms with Gasteiger partial charge in [0, 0.05) is 26.2 Å². The van der Waals surface area contributed by atoms with E-state index in [0.29, 0.717) is 6.54 Å². The van der Waals surface area contributed by atoms with Gasteiger partial charge in [-0.2, -0.15) is 0 Å². The molecule has 0 radical (unpaired) electrons. The van der Waals surface area contributed by atoms with Crippen molar-refractivity contribution in [2.24, 2.45) is 0 Å². The van der Waals surface area contributed by atoms with Gasteiger partial charge in [0.05, 0.1) is 25.5 Å². The van der Waals surface area contributed by atoms with Crippen LogP contribution in [-0.2, 0) is 6.54 Å². The largest absolute Gasteiger partial charge is 0.504 e. The van der Waals surface area contributed by atoms with Gasteiger partial charge in [-0.3, -0.25) is 14.7 Å². The fraction of sp³-hybridized carbons (Fsp3) is 0.571. The number of hydrogen-bond donors (Lipinski definition) is 3. The number of benzene rings is 1. The molecule has 0 amide bonds. The van der Waals surface area contributed by atoms with Crippen LogP contribution in [0.2, 0.25) is 0 Å². The van der Waals surface area contributed by atoms with Gasteiger partial charge >= 0.3 is 0 Å². The normalized spacial score (nSPS) is 38.3. The van der Waals surface area contributed by atoms with E-state index >= 15 is 0 Å². The first kappa shape index (κ1) is 12.4. The van der Waals surface area contributed by atoms with E-state index in [-0.39, 0.29) is 17.0 Å². The average Bonchev–Trinajstić information content (AvgIpc) is 2.39. The summed E-state index contributed by atoms with van der Waals surface area (Å²) in [7, 11) is 0. The highest BCUT2D eigenvalue weighted by molar-refractivity contribution is 5.40. The first-order valence-electron chi connectivity index (χ1n) is 7.05. The topological polar surface area (TPSA) is 62.2 Å². The van der Waals surface area contributed by atoms with E-state index in [4.69, 9.17) is 0 Å². The monoisotopic (exact) mass is 276 g/mol. The fourth-order valence-corrected chi connectivity index (χ4v) is 3.85. The lowest BCUT2D eigenvalue weighted by Crippen LogP contribution is -2.79. The van der Waals surface area contributed by atoms with Gasteiger partial charge in [-0.25, -0.2) is 0 Å². The molecule has 0 aromatic heterocycles. The molecule has 1 aromatic carbocycles. The standard InChI is InChI=1S/C14H20N4O2/c19-12-2-1-11(3-13(12)20)4-15-14-5-16-8-17(6-14)10-18(7-14)9-16/h1-3,15,19-20H,4-10H2. The van der Waals surface area contributed by atoms with Crippen molar-refractivity contribution < 1.29 is 10.2 Å². The SMILES string of the molecule is Oc1ccc(CNC23CN4CN(CN(C4)C2)C3)cc1O. The van der Waals surface area contributed by atoms with E-state index in [1.165, 1.54) is 0 Å². The third kappa shape index (κ3) is 2.05. The van der Waals surface area contributed by atoms with Crippen LogP contribution >= 0.6 is 0 Å². The van der Waals surface area contributed by atoms with E-state index in [1.54, 1.807) is 12.1 Å². The molecule has 6 nitrogen and oxygen atoms in total. The van der Waals surface area contributed by atoms with Crippen molar-refractivity contribution in [1.29, 1.82) is 0 Å². The number of rotatable bonds is 3. The van der Waals surface area contributed by atoms with E-state index < -0.39 is 0 Å². The molecule has 5 rings (SSSR count). The number of hydrogen-bond acceptors (Lipinski definition) is 6. The molecule has 4 bridgehead atoms. The molecule has 0 aliphatic carbocycles. The average molecular weight is 276 g/mol. The smallest absolute Gasteiger partial charge is 0.157 e. The van der Waals surface area contributed by atoms with Gasteiger partial charge in [0.25, 0.3) is 0 Å². The second kappa shape index (κ2) is 4.33. The van der Waals surface area contributed by atoms with Crippen molar-refractivity contribution in [2.45, 2.75) is 12.1 Å². The highest BCUT2D eigenvalue weighted by Gasteiger charge is 2.48. The Kier molecular flexibility index (Phi) is 2.68. The second-order valence-electron chi connectivity index (χ2n) is 6.37. The van der Waals surface area contributed by atoms with Crippen LogP contribution in [-0.4, -0.2) is 70.1 Å². The van der Waals surface area contributed by atoms with Crippen LogP contribution in [0.4, 0.5) is 0 Å².